The van der Waals surface area contributed by atoms with Gasteiger partial charge in [0.1, 0.15) is 0 Å². The first-order chi connectivity index (χ1) is 10.7. The summed E-state index contributed by atoms with van der Waals surface area (Å²) in [5.41, 5.74) is 7.17. The zero-order valence-corrected chi connectivity index (χ0v) is 13.2. The van der Waals surface area contributed by atoms with Crippen LogP contribution in [0.25, 0.3) is 10.2 Å². The van der Waals surface area contributed by atoms with Crippen LogP contribution >= 0.6 is 11.3 Å². The van der Waals surface area contributed by atoms with Gasteiger partial charge in [-0.25, -0.2) is 4.98 Å². The highest BCUT2D eigenvalue weighted by Gasteiger charge is 2.11. The molecular weight excluding hydrogens is 300 g/mol. The number of ether oxygens (including phenoxy) is 1. The molecule has 0 atom stereocenters. The van der Waals surface area contributed by atoms with E-state index < -0.39 is 0 Å². The number of benzene rings is 1. The second kappa shape index (κ2) is 7.04. The lowest BCUT2D eigenvalue weighted by atomic mass is 10.2. The van der Waals surface area contributed by atoms with E-state index in [2.05, 4.69) is 15.2 Å². The van der Waals surface area contributed by atoms with Crippen molar-refractivity contribution in [2.75, 3.05) is 45.1 Å². The molecular formula is C15H20N4O2S. The van der Waals surface area contributed by atoms with E-state index in [0.29, 0.717) is 17.2 Å². The standard InChI is InChI=1S/C15H20N4O2S/c16-15-18-12-3-2-11(10-13(12)22-15)14(20)17-4-1-5-19-6-8-21-9-7-19/h2-3,10H,1,4-9H2,(H2,16,18)(H,17,20). The van der Waals surface area contributed by atoms with Gasteiger partial charge in [-0.1, -0.05) is 11.3 Å². The zero-order chi connectivity index (χ0) is 15.4. The number of rotatable bonds is 5. The van der Waals surface area contributed by atoms with Gasteiger partial charge >= 0.3 is 0 Å². The fourth-order valence-corrected chi connectivity index (χ4v) is 3.29. The Morgan fingerprint density at radius 3 is 3.05 bits per heavy atom. The molecule has 2 heterocycles. The number of aromatic nitrogens is 1. The van der Waals surface area contributed by atoms with Gasteiger partial charge in [-0.15, -0.1) is 0 Å². The van der Waals surface area contributed by atoms with Crippen molar-refractivity contribution in [3.63, 3.8) is 0 Å². The number of nitrogen functional groups attached to an aromatic ring is 1. The average Bonchev–Trinajstić information content (AvgIpc) is 2.91. The van der Waals surface area contributed by atoms with E-state index in [-0.39, 0.29) is 5.91 Å². The predicted octanol–water partition coefficient (Wildman–Crippen LogP) is 1.33. The Balaban J connectivity index is 1.48. The Bertz CT molecular complexity index is 652. The SMILES string of the molecule is Nc1nc2ccc(C(=O)NCCCN3CCOCC3)cc2s1. The summed E-state index contributed by atoms with van der Waals surface area (Å²) in [6.07, 6.45) is 0.946. The number of fused-ring (bicyclic) bond motifs is 1. The van der Waals surface area contributed by atoms with Crippen LogP contribution < -0.4 is 11.1 Å². The van der Waals surface area contributed by atoms with Crippen LogP contribution in [-0.2, 0) is 4.74 Å². The summed E-state index contributed by atoms with van der Waals surface area (Å²) in [4.78, 5) is 18.7. The van der Waals surface area contributed by atoms with Gasteiger partial charge in [-0.3, -0.25) is 9.69 Å². The quantitative estimate of drug-likeness (QED) is 0.813. The zero-order valence-electron chi connectivity index (χ0n) is 12.4. The van der Waals surface area contributed by atoms with E-state index in [0.717, 1.165) is 49.5 Å². The fraction of sp³-hybridized carbons (Fsp3) is 0.467. The van der Waals surface area contributed by atoms with E-state index in [9.17, 15) is 4.79 Å². The summed E-state index contributed by atoms with van der Waals surface area (Å²) in [7, 11) is 0. The summed E-state index contributed by atoms with van der Waals surface area (Å²) < 4.78 is 6.26. The molecule has 1 aliphatic rings. The number of carbonyl (C=O) groups is 1. The normalized spacial score (nSPS) is 16.0. The lowest BCUT2D eigenvalue weighted by Gasteiger charge is -2.26. The lowest BCUT2D eigenvalue weighted by molar-refractivity contribution is 0.0374. The van der Waals surface area contributed by atoms with Crippen LogP contribution in [0.5, 0.6) is 0 Å². The Hall–Kier alpha value is -1.70. The van der Waals surface area contributed by atoms with E-state index in [4.69, 9.17) is 10.5 Å². The molecule has 0 spiro atoms. The number of nitrogens with one attached hydrogen (secondary N) is 1. The molecule has 1 aromatic heterocycles. The van der Waals surface area contributed by atoms with Crippen LogP contribution in [-0.4, -0.2) is 55.2 Å². The molecule has 7 heteroatoms. The number of anilines is 1. The highest BCUT2D eigenvalue weighted by atomic mass is 32.1. The second-order valence-corrected chi connectivity index (χ2v) is 6.36. The number of carbonyl (C=O) groups excluding carboxylic acids is 1. The van der Waals surface area contributed by atoms with Gasteiger partial charge in [0.05, 0.1) is 23.4 Å². The van der Waals surface area contributed by atoms with E-state index in [1.54, 1.807) is 6.07 Å². The molecule has 22 heavy (non-hydrogen) atoms. The third kappa shape index (κ3) is 3.73. The Kier molecular flexibility index (Phi) is 4.87. The van der Waals surface area contributed by atoms with Crippen LogP contribution in [0.15, 0.2) is 18.2 Å². The number of morpholine rings is 1. The maximum Gasteiger partial charge on any atom is 0.251 e. The number of thiazole rings is 1. The van der Waals surface area contributed by atoms with Crippen molar-refractivity contribution in [3.8, 4) is 0 Å². The van der Waals surface area contributed by atoms with Gasteiger partial charge in [0.15, 0.2) is 5.13 Å². The highest BCUT2D eigenvalue weighted by Crippen LogP contribution is 2.24. The van der Waals surface area contributed by atoms with E-state index >= 15 is 0 Å². The minimum absolute atomic E-state index is 0.0455. The highest BCUT2D eigenvalue weighted by molar-refractivity contribution is 7.22. The van der Waals surface area contributed by atoms with E-state index in [1.807, 2.05) is 12.1 Å². The fourth-order valence-electron chi connectivity index (χ4n) is 2.52. The van der Waals surface area contributed by atoms with Crippen LogP contribution in [0.2, 0.25) is 0 Å². The average molecular weight is 320 g/mol. The minimum atomic E-state index is -0.0455. The molecule has 3 N–H and O–H groups in total. The molecule has 2 aromatic rings. The van der Waals surface area contributed by atoms with Crippen molar-refractivity contribution < 1.29 is 9.53 Å². The maximum atomic E-state index is 12.2. The molecule has 3 rings (SSSR count). The van der Waals surface area contributed by atoms with Crippen molar-refractivity contribution in [2.45, 2.75) is 6.42 Å². The monoisotopic (exact) mass is 320 g/mol. The number of amides is 1. The molecule has 1 amide bonds. The van der Waals surface area contributed by atoms with Crippen LogP contribution in [0.4, 0.5) is 5.13 Å². The molecule has 0 bridgehead atoms. The minimum Gasteiger partial charge on any atom is -0.379 e. The molecule has 0 saturated carbocycles. The van der Waals surface area contributed by atoms with Gasteiger partial charge in [0.2, 0.25) is 0 Å². The first-order valence-corrected chi connectivity index (χ1v) is 8.28. The number of hydrogen-bond donors (Lipinski definition) is 2. The first-order valence-electron chi connectivity index (χ1n) is 7.47. The van der Waals surface area contributed by atoms with Crippen LogP contribution in [0.3, 0.4) is 0 Å². The number of nitrogens with zero attached hydrogens (tertiary/aromatic N) is 2. The molecule has 1 aliphatic heterocycles. The van der Waals surface area contributed by atoms with Crippen molar-refractivity contribution in [1.82, 2.24) is 15.2 Å². The summed E-state index contributed by atoms with van der Waals surface area (Å²) >= 11 is 1.40. The number of hydrogen-bond acceptors (Lipinski definition) is 6. The third-order valence-electron chi connectivity index (χ3n) is 3.71. The molecule has 1 aromatic carbocycles. The summed E-state index contributed by atoms with van der Waals surface area (Å²) in [6.45, 7) is 5.26. The Morgan fingerprint density at radius 2 is 2.23 bits per heavy atom. The summed E-state index contributed by atoms with van der Waals surface area (Å²) in [5, 5.41) is 3.49. The van der Waals surface area contributed by atoms with Gasteiger partial charge in [-0.05, 0) is 31.2 Å². The van der Waals surface area contributed by atoms with E-state index in [1.165, 1.54) is 11.3 Å². The topological polar surface area (TPSA) is 80.5 Å². The maximum absolute atomic E-state index is 12.2. The van der Waals surface area contributed by atoms with Gasteiger partial charge in [0.25, 0.3) is 5.91 Å². The van der Waals surface area contributed by atoms with Crippen LogP contribution in [0.1, 0.15) is 16.8 Å². The first kappa shape index (κ1) is 15.2. The molecule has 118 valence electrons. The molecule has 0 radical (unpaired) electrons. The van der Waals surface area contributed by atoms with Gasteiger partial charge < -0.3 is 15.8 Å². The smallest absolute Gasteiger partial charge is 0.251 e. The molecule has 0 aliphatic carbocycles. The van der Waals surface area contributed by atoms with Gasteiger partial charge in [0, 0.05) is 25.2 Å². The van der Waals surface area contributed by atoms with Crippen molar-refractivity contribution in [2.24, 2.45) is 0 Å². The van der Waals surface area contributed by atoms with Crippen molar-refractivity contribution in [1.29, 1.82) is 0 Å². The largest absolute Gasteiger partial charge is 0.379 e. The van der Waals surface area contributed by atoms with Crippen LogP contribution in [0, 0.1) is 0 Å². The molecule has 0 unspecified atom stereocenters. The lowest BCUT2D eigenvalue weighted by Crippen LogP contribution is -2.38. The molecule has 6 nitrogen and oxygen atoms in total. The van der Waals surface area contributed by atoms with Crippen molar-refractivity contribution >= 4 is 32.6 Å². The number of nitrogens with two attached hydrogens (primary N) is 1. The summed E-state index contributed by atoms with van der Waals surface area (Å²) in [5.74, 6) is -0.0455. The molecule has 1 fully saturated rings. The van der Waals surface area contributed by atoms with Crippen molar-refractivity contribution in [3.05, 3.63) is 23.8 Å². The third-order valence-corrected chi connectivity index (χ3v) is 4.55. The summed E-state index contributed by atoms with van der Waals surface area (Å²) in [6, 6.07) is 5.48. The Labute approximate surface area is 133 Å². The Morgan fingerprint density at radius 1 is 1.41 bits per heavy atom. The second-order valence-electron chi connectivity index (χ2n) is 5.30. The van der Waals surface area contributed by atoms with Gasteiger partial charge in [-0.2, -0.15) is 0 Å². The molecule has 1 saturated heterocycles. The predicted molar refractivity (Wildman–Crippen MR) is 88.2 cm³/mol.